The van der Waals surface area contributed by atoms with E-state index in [0.29, 0.717) is 5.75 Å². The second-order valence-electron chi connectivity index (χ2n) is 4.65. The number of thiazole rings is 1. The third-order valence-corrected chi connectivity index (χ3v) is 5.09. The monoisotopic (exact) mass is 353 g/mol. The van der Waals surface area contributed by atoms with Crippen molar-refractivity contribution in [2.24, 2.45) is 0 Å². The largest absolute Gasteiger partial charge is 0.495 e. The van der Waals surface area contributed by atoms with Crippen molar-refractivity contribution in [1.29, 1.82) is 0 Å². The molecule has 0 saturated carbocycles. The number of hydrogen-bond acceptors (Lipinski definition) is 7. The molecule has 0 saturated heterocycles. The van der Waals surface area contributed by atoms with Crippen LogP contribution in [0, 0.1) is 17.0 Å². The molecular formula is C14H15N3O4S2. The van der Waals surface area contributed by atoms with Gasteiger partial charge in [0, 0.05) is 23.2 Å². The van der Waals surface area contributed by atoms with Crippen LogP contribution in [0.25, 0.3) is 0 Å². The number of ether oxygens (including phenoxy) is 1. The molecule has 2 rings (SSSR count). The number of thioether (sulfide) groups is 1. The molecule has 0 spiro atoms. The number of amides is 1. The lowest BCUT2D eigenvalue weighted by atomic mass is 10.2. The minimum absolute atomic E-state index is 0.114. The predicted octanol–water partition coefficient (Wildman–Crippen LogP) is 3.49. The molecule has 1 aromatic carbocycles. The zero-order valence-electron chi connectivity index (χ0n) is 12.7. The van der Waals surface area contributed by atoms with Crippen molar-refractivity contribution in [3.05, 3.63) is 39.4 Å². The van der Waals surface area contributed by atoms with E-state index in [2.05, 4.69) is 10.3 Å². The Morgan fingerprint density at radius 3 is 2.83 bits per heavy atom. The maximum Gasteiger partial charge on any atom is 0.271 e. The van der Waals surface area contributed by atoms with Crippen molar-refractivity contribution in [3.8, 4) is 5.75 Å². The topological polar surface area (TPSA) is 94.4 Å². The van der Waals surface area contributed by atoms with Crippen LogP contribution in [0.15, 0.2) is 27.9 Å². The van der Waals surface area contributed by atoms with E-state index in [1.165, 1.54) is 48.4 Å². The fourth-order valence-electron chi connectivity index (χ4n) is 1.73. The van der Waals surface area contributed by atoms with Crippen molar-refractivity contribution in [1.82, 2.24) is 4.98 Å². The highest BCUT2D eigenvalue weighted by molar-refractivity contribution is 8.02. The molecule has 0 aliphatic carbocycles. The smallest absolute Gasteiger partial charge is 0.271 e. The highest BCUT2D eigenvalue weighted by atomic mass is 32.2. The summed E-state index contributed by atoms with van der Waals surface area (Å²) in [6, 6.07) is 4.06. The number of nitro benzene ring substituents is 1. The molecule has 1 heterocycles. The average molecular weight is 353 g/mol. The Labute approximate surface area is 141 Å². The van der Waals surface area contributed by atoms with Crippen LogP contribution in [-0.4, -0.2) is 28.2 Å². The van der Waals surface area contributed by atoms with E-state index in [4.69, 9.17) is 4.74 Å². The number of non-ortho nitro benzene ring substituents is 1. The van der Waals surface area contributed by atoms with Gasteiger partial charge in [0.1, 0.15) is 5.75 Å². The molecular weight excluding hydrogens is 338 g/mol. The Kier molecular flexibility index (Phi) is 5.56. The minimum Gasteiger partial charge on any atom is -0.495 e. The number of benzene rings is 1. The second-order valence-corrected chi connectivity index (χ2v) is 7.09. The Balaban J connectivity index is 2.12. The first-order chi connectivity index (χ1) is 10.9. The van der Waals surface area contributed by atoms with Gasteiger partial charge in [-0.1, -0.05) is 11.8 Å². The van der Waals surface area contributed by atoms with Crippen LogP contribution >= 0.6 is 23.1 Å². The lowest BCUT2D eigenvalue weighted by Crippen LogP contribution is -2.22. The number of carbonyl (C=O) groups is 1. The first-order valence-corrected chi connectivity index (χ1v) is 8.38. The summed E-state index contributed by atoms with van der Waals surface area (Å²) in [6.45, 7) is 3.64. The van der Waals surface area contributed by atoms with E-state index in [9.17, 15) is 14.9 Å². The van der Waals surface area contributed by atoms with Crippen molar-refractivity contribution in [3.63, 3.8) is 0 Å². The number of nitrogens with zero attached hydrogens (tertiary/aromatic N) is 2. The van der Waals surface area contributed by atoms with Gasteiger partial charge in [-0.2, -0.15) is 0 Å². The van der Waals surface area contributed by atoms with Crippen LogP contribution in [0.2, 0.25) is 0 Å². The predicted molar refractivity (Wildman–Crippen MR) is 90.4 cm³/mol. The average Bonchev–Trinajstić information content (AvgIpc) is 2.92. The lowest BCUT2D eigenvalue weighted by Gasteiger charge is -2.13. The molecule has 9 heteroatoms. The molecule has 0 unspecified atom stereocenters. The normalized spacial score (nSPS) is 11.8. The van der Waals surface area contributed by atoms with E-state index in [-0.39, 0.29) is 17.3 Å². The lowest BCUT2D eigenvalue weighted by molar-refractivity contribution is -0.384. The van der Waals surface area contributed by atoms with E-state index >= 15 is 0 Å². The van der Waals surface area contributed by atoms with Gasteiger partial charge < -0.3 is 10.1 Å². The molecule has 122 valence electrons. The highest BCUT2D eigenvalue weighted by Gasteiger charge is 2.19. The summed E-state index contributed by atoms with van der Waals surface area (Å²) >= 11 is 2.81. The van der Waals surface area contributed by atoms with Crippen molar-refractivity contribution in [2.45, 2.75) is 23.4 Å². The summed E-state index contributed by atoms with van der Waals surface area (Å²) < 4.78 is 5.93. The molecule has 23 heavy (non-hydrogen) atoms. The van der Waals surface area contributed by atoms with Crippen LogP contribution in [0.1, 0.15) is 12.6 Å². The van der Waals surface area contributed by atoms with Gasteiger partial charge in [-0.05, 0) is 19.9 Å². The van der Waals surface area contributed by atoms with E-state index in [1.54, 1.807) is 6.92 Å². The minimum atomic E-state index is -0.522. The second kappa shape index (κ2) is 7.42. The van der Waals surface area contributed by atoms with Crippen LogP contribution in [0.4, 0.5) is 11.4 Å². The molecule has 1 aromatic heterocycles. The van der Waals surface area contributed by atoms with Crippen LogP contribution in [-0.2, 0) is 4.79 Å². The van der Waals surface area contributed by atoms with E-state index in [1.807, 2.05) is 12.3 Å². The number of rotatable bonds is 6. The molecule has 2 aromatic rings. The molecule has 1 atom stereocenters. The van der Waals surface area contributed by atoms with Gasteiger partial charge in [0.2, 0.25) is 5.91 Å². The zero-order valence-corrected chi connectivity index (χ0v) is 14.4. The van der Waals surface area contributed by atoms with Gasteiger partial charge in [0.25, 0.3) is 5.69 Å². The van der Waals surface area contributed by atoms with Crippen molar-refractivity contribution < 1.29 is 14.5 Å². The van der Waals surface area contributed by atoms with Gasteiger partial charge in [-0.15, -0.1) is 11.3 Å². The number of anilines is 1. The number of carbonyl (C=O) groups excluding carboxylic acids is 1. The summed E-state index contributed by atoms with van der Waals surface area (Å²) in [5.74, 6) is 0.0906. The third kappa shape index (κ3) is 4.42. The van der Waals surface area contributed by atoms with Crippen molar-refractivity contribution in [2.75, 3.05) is 12.4 Å². The number of aromatic nitrogens is 1. The van der Waals surface area contributed by atoms with Gasteiger partial charge >= 0.3 is 0 Å². The maximum absolute atomic E-state index is 12.3. The summed E-state index contributed by atoms with van der Waals surface area (Å²) in [5, 5.41) is 15.0. The molecule has 7 nitrogen and oxygen atoms in total. The van der Waals surface area contributed by atoms with Gasteiger partial charge in [-0.3, -0.25) is 14.9 Å². The molecule has 0 bridgehead atoms. The van der Waals surface area contributed by atoms with E-state index in [0.717, 1.165) is 10.0 Å². The number of methoxy groups -OCH3 is 1. The first kappa shape index (κ1) is 17.2. The van der Waals surface area contributed by atoms with Crippen LogP contribution < -0.4 is 10.1 Å². The number of nitro groups is 1. The Morgan fingerprint density at radius 2 is 2.26 bits per heavy atom. The van der Waals surface area contributed by atoms with Gasteiger partial charge in [-0.25, -0.2) is 4.98 Å². The fraction of sp³-hybridized carbons (Fsp3) is 0.286. The van der Waals surface area contributed by atoms with Crippen LogP contribution in [0.3, 0.4) is 0 Å². The molecule has 0 radical (unpaired) electrons. The quantitative estimate of drug-likeness (QED) is 0.485. The fourth-order valence-corrected chi connectivity index (χ4v) is 3.72. The Bertz CT molecular complexity index is 733. The number of hydrogen-bond donors (Lipinski definition) is 1. The molecule has 0 fully saturated rings. The molecule has 0 aliphatic rings. The Morgan fingerprint density at radius 1 is 1.52 bits per heavy atom. The summed E-state index contributed by atoms with van der Waals surface area (Å²) in [6.07, 6.45) is 0. The molecule has 0 aliphatic heterocycles. The molecule has 1 amide bonds. The maximum atomic E-state index is 12.3. The van der Waals surface area contributed by atoms with Gasteiger partial charge in [0.05, 0.1) is 23.0 Å². The highest BCUT2D eigenvalue weighted by Crippen LogP contribution is 2.31. The molecule has 1 N–H and O–H groups in total. The summed E-state index contributed by atoms with van der Waals surface area (Å²) in [4.78, 5) is 26.9. The summed E-state index contributed by atoms with van der Waals surface area (Å²) in [5.41, 5.74) is 1.07. The zero-order chi connectivity index (χ0) is 17.0. The number of nitrogens with one attached hydrogen (secondary N) is 1. The van der Waals surface area contributed by atoms with E-state index < -0.39 is 10.2 Å². The third-order valence-electron chi connectivity index (χ3n) is 2.90. The Hall–Kier alpha value is -2.13. The first-order valence-electron chi connectivity index (χ1n) is 6.62. The van der Waals surface area contributed by atoms with Crippen molar-refractivity contribution >= 4 is 40.4 Å². The van der Waals surface area contributed by atoms with Crippen LogP contribution in [0.5, 0.6) is 5.75 Å². The van der Waals surface area contributed by atoms with Gasteiger partial charge in [0.15, 0.2) is 4.34 Å². The standard InChI is InChI=1S/C14H15N3O4S2/c1-8-7-22-14(15-8)23-9(2)13(18)16-11-6-10(17(19)20)4-5-12(11)21-3/h4-7,9H,1-3H3,(H,16,18)/t9-/m0/s1. The SMILES string of the molecule is COc1ccc([N+](=O)[O-])cc1NC(=O)[C@H](C)Sc1nc(C)cs1. The summed E-state index contributed by atoms with van der Waals surface area (Å²) in [7, 11) is 1.44. The number of aryl methyl sites for hydroxylation is 1.